The third-order valence-corrected chi connectivity index (χ3v) is 2.77. The van der Waals surface area contributed by atoms with Crippen molar-refractivity contribution in [3.63, 3.8) is 0 Å². The summed E-state index contributed by atoms with van der Waals surface area (Å²) in [7, 11) is 2.79. The number of hydrogen-bond donors (Lipinski definition) is 0. The van der Waals surface area contributed by atoms with Gasteiger partial charge in [0.05, 0.1) is 13.2 Å². The third kappa shape index (κ3) is 3.20. The summed E-state index contributed by atoms with van der Waals surface area (Å²) in [6, 6.07) is 6.02. The van der Waals surface area contributed by atoms with Gasteiger partial charge in [0, 0.05) is 17.6 Å². The Morgan fingerprint density at radius 3 is 2.59 bits per heavy atom. The molecule has 1 unspecified atom stereocenters. The van der Waals surface area contributed by atoms with Crippen molar-refractivity contribution >= 4 is 23.5 Å². The van der Waals surface area contributed by atoms with Gasteiger partial charge < -0.3 is 9.64 Å². The first-order valence-corrected chi connectivity index (χ1v) is 5.45. The highest BCUT2D eigenvalue weighted by Crippen LogP contribution is 2.14. The summed E-state index contributed by atoms with van der Waals surface area (Å²) in [6.45, 7) is 1.64. The number of likely N-dealkylation sites (N-methyl/N-ethyl adjacent to an activating group) is 1. The van der Waals surface area contributed by atoms with Gasteiger partial charge in [-0.1, -0.05) is 23.7 Å². The zero-order valence-corrected chi connectivity index (χ0v) is 10.7. The van der Waals surface area contributed by atoms with Crippen molar-refractivity contribution < 1.29 is 14.3 Å². The van der Waals surface area contributed by atoms with Crippen LogP contribution in [0, 0.1) is 0 Å². The van der Waals surface area contributed by atoms with Crippen LogP contribution in [0.3, 0.4) is 0 Å². The lowest BCUT2D eigenvalue weighted by atomic mass is 10.1. The van der Waals surface area contributed by atoms with Crippen molar-refractivity contribution in [1.29, 1.82) is 0 Å². The Hall–Kier alpha value is -1.55. The fourth-order valence-electron chi connectivity index (χ4n) is 1.36. The molecule has 0 saturated carbocycles. The highest BCUT2D eigenvalue weighted by Gasteiger charge is 2.23. The summed E-state index contributed by atoms with van der Waals surface area (Å²) in [4.78, 5) is 24.6. The number of carbonyl (C=O) groups is 2. The Morgan fingerprint density at radius 1 is 1.41 bits per heavy atom. The van der Waals surface area contributed by atoms with Crippen LogP contribution in [0.2, 0.25) is 5.02 Å². The summed E-state index contributed by atoms with van der Waals surface area (Å²) < 4.78 is 4.55. The summed E-state index contributed by atoms with van der Waals surface area (Å²) in [5, 5.41) is 0.490. The van der Waals surface area contributed by atoms with E-state index >= 15 is 0 Å². The average Bonchev–Trinajstić information content (AvgIpc) is 2.35. The summed E-state index contributed by atoms with van der Waals surface area (Å²) in [5.41, 5.74) is 0.473. The van der Waals surface area contributed by atoms with Gasteiger partial charge in [-0.05, 0) is 19.1 Å². The number of hydrogen-bond acceptors (Lipinski definition) is 3. The van der Waals surface area contributed by atoms with Gasteiger partial charge in [0.1, 0.15) is 0 Å². The van der Waals surface area contributed by atoms with E-state index in [1.165, 1.54) is 19.1 Å². The van der Waals surface area contributed by atoms with Gasteiger partial charge in [-0.15, -0.1) is 0 Å². The van der Waals surface area contributed by atoms with E-state index in [4.69, 9.17) is 11.6 Å². The van der Waals surface area contributed by atoms with Crippen molar-refractivity contribution in [1.82, 2.24) is 4.90 Å². The van der Waals surface area contributed by atoms with Crippen molar-refractivity contribution in [2.75, 3.05) is 14.2 Å². The summed E-state index contributed by atoms with van der Waals surface area (Å²) in [5.74, 6) is -0.180. The molecule has 1 rings (SSSR count). The number of halogens is 1. The van der Waals surface area contributed by atoms with E-state index in [-0.39, 0.29) is 5.78 Å². The third-order valence-electron chi connectivity index (χ3n) is 2.53. The van der Waals surface area contributed by atoms with E-state index < -0.39 is 12.1 Å². The smallest absolute Gasteiger partial charge is 0.409 e. The van der Waals surface area contributed by atoms with Crippen LogP contribution < -0.4 is 0 Å². The maximum Gasteiger partial charge on any atom is 0.409 e. The van der Waals surface area contributed by atoms with Crippen molar-refractivity contribution in [3.8, 4) is 0 Å². The number of ketones is 1. The van der Waals surface area contributed by atoms with E-state index in [2.05, 4.69) is 4.74 Å². The van der Waals surface area contributed by atoms with E-state index in [1.807, 2.05) is 0 Å². The minimum atomic E-state index is -0.596. The molecular formula is C12H14ClNO3. The van der Waals surface area contributed by atoms with Crippen molar-refractivity contribution in [2.24, 2.45) is 0 Å². The average molecular weight is 256 g/mol. The molecule has 4 nitrogen and oxygen atoms in total. The van der Waals surface area contributed by atoms with Crippen LogP contribution in [-0.4, -0.2) is 37.0 Å². The van der Waals surface area contributed by atoms with Crippen LogP contribution in [0.1, 0.15) is 17.3 Å². The molecule has 17 heavy (non-hydrogen) atoms. The highest BCUT2D eigenvalue weighted by molar-refractivity contribution is 6.31. The van der Waals surface area contributed by atoms with Crippen LogP contribution >= 0.6 is 11.6 Å². The first-order chi connectivity index (χ1) is 7.97. The number of nitrogens with zero attached hydrogens (tertiary/aromatic N) is 1. The molecule has 5 heteroatoms. The molecule has 1 aromatic carbocycles. The van der Waals surface area contributed by atoms with E-state index in [0.29, 0.717) is 10.6 Å². The lowest BCUT2D eigenvalue weighted by molar-refractivity contribution is 0.0815. The zero-order valence-electron chi connectivity index (χ0n) is 9.94. The lowest BCUT2D eigenvalue weighted by Gasteiger charge is -2.22. The van der Waals surface area contributed by atoms with Gasteiger partial charge in [-0.25, -0.2) is 4.79 Å². The monoisotopic (exact) mass is 255 g/mol. The number of ether oxygens (including phenoxy) is 1. The van der Waals surface area contributed by atoms with E-state index in [9.17, 15) is 9.59 Å². The molecule has 0 aliphatic heterocycles. The van der Waals surface area contributed by atoms with Gasteiger partial charge in [0.2, 0.25) is 0 Å². The molecule has 1 aromatic rings. The number of Topliss-reactive ketones (excluding diaryl/α,β-unsaturated/α-hetero) is 1. The van der Waals surface area contributed by atoms with Crippen LogP contribution in [0.25, 0.3) is 0 Å². The molecule has 1 amide bonds. The van der Waals surface area contributed by atoms with Gasteiger partial charge in [0.15, 0.2) is 5.78 Å². The van der Waals surface area contributed by atoms with Gasteiger partial charge in [-0.3, -0.25) is 4.79 Å². The molecule has 0 saturated heterocycles. The van der Waals surface area contributed by atoms with Crippen LogP contribution in [0.5, 0.6) is 0 Å². The number of benzene rings is 1. The van der Waals surface area contributed by atoms with Gasteiger partial charge in [0.25, 0.3) is 0 Å². The molecule has 0 heterocycles. The maximum absolute atomic E-state index is 12.1. The van der Waals surface area contributed by atoms with Crippen LogP contribution in [-0.2, 0) is 4.74 Å². The molecule has 0 aromatic heterocycles. The lowest BCUT2D eigenvalue weighted by Crippen LogP contribution is -2.40. The molecule has 0 aliphatic rings. The number of rotatable bonds is 3. The van der Waals surface area contributed by atoms with Crippen LogP contribution in [0.15, 0.2) is 24.3 Å². The number of carbonyl (C=O) groups excluding carboxylic acids is 2. The molecule has 0 spiro atoms. The second-order valence-electron chi connectivity index (χ2n) is 3.63. The Morgan fingerprint density at radius 2 is 2.06 bits per heavy atom. The predicted molar refractivity (Wildman–Crippen MR) is 65.4 cm³/mol. The molecule has 0 N–H and O–H groups in total. The Labute approximate surface area is 105 Å². The molecule has 92 valence electrons. The first kappa shape index (κ1) is 13.5. The number of methoxy groups -OCH3 is 1. The molecular weight excluding hydrogens is 242 g/mol. The highest BCUT2D eigenvalue weighted by atomic mass is 35.5. The van der Waals surface area contributed by atoms with Gasteiger partial charge in [-0.2, -0.15) is 0 Å². The van der Waals surface area contributed by atoms with Crippen LogP contribution in [0.4, 0.5) is 4.79 Å². The Kier molecular flexibility index (Phi) is 4.52. The minimum Gasteiger partial charge on any atom is -0.453 e. The standard InChI is InChI=1S/C12H14ClNO3/c1-8(14(2)12(16)17-3)11(15)9-5-4-6-10(13)7-9/h4-8H,1-3H3. The Balaban J connectivity index is 2.86. The topological polar surface area (TPSA) is 46.6 Å². The summed E-state index contributed by atoms with van der Waals surface area (Å²) >= 11 is 5.81. The number of amides is 1. The van der Waals surface area contributed by atoms with Crippen molar-refractivity contribution in [3.05, 3.63) is 34.9 Å². The SMILES string of the molecule is COC(=O)N(C)C(C)C(=O)c1cccc(Cl)c1. The molecule has 0 fully saturated rings. The molecule has 0 aliphatic carbocycles. The molecule has 0 bridgehead atoms. The fraction of sp³-hybridized carbons (Fsp3) is 0.333. The molecule has 1 atom stereocenters. The first-order valence-electron chi connectivity index (χ1n) is 5.08. The minimum absolute atomic E-state index is 0.180. The normalized spacial score (nSPS) is 11.8. The Bertz CT molecular complexity index is 434. The molecule has 0 radical (unpaired) electrons. The van der Waals surface area contributed by atoms with E-state index in [0.717, 1.165) is 0 Å². The predicted octanol–water partition coefficient (Wildman–Crippen LogP) is 2.61. The summed E-state index contributed by atoms with van der Waals surface area (Å²) in [6.07, 6.45) is -0.548. The van der Waals surface area contributed by atoms with E-state index in [1.54, 1.807) is 31.2 Å². The quantitative estimate of drug-likeness (QED) is 0.780. The second-order valence-corrected chi connectivity index (χ2v) is 4.07. The maximum atomic E-state index is 12.1. The van der Waals surface area contributed by atoms with Crippen molar-refractivity contribution in [2.45, 2.75) is 13.0 Å². The van der Waals surface area contributed by atoms with Gasteiger partial charge >= 0.3 is 6.09 Å². The largest absolute Gasteiger partial charge is 0.453 e. The zero-order chi connectivity index (χ0) is 13.0. The second kappa shape index (κ2) is 5.68. The fourth-order valence-corrected chi connectivity index (χ4v) is 1.55.